The van der Waals surface area contributed by atoms with Gasteiger partial charge in [-0.25, -0.2) is 4.90 Å². The minimum atomic E-state index is -0.582. The first kappa shape index (κ1) is 16.8. The van der Waals surface area contributed by atoms with Gasteiger partial charge in [0.05, 0.1) is 5.69 Å². The molecule has 0 fully saturated rings. The zero-order chi connectivity index (χ0) is 17.4. The number of anilines is 2. The molecule has 0 atom stereocenters. The summed E-state index contributed by atoms with van der Waals surface area (Å²) < 4.78 is 0. The number of rotatable bonds is 3. The van der Waals surface area contributed by atoms with E-state index in [9.17, 15) is 9.59 Å². The molecule has 0 radical (unpaired) electrons. The summed E-state index contributed by atoms with van der Waals surface area (Å²) in [5.74, 6) is -1.12. The van der Waals surface area contributed by atoms with Crippen molar-refractivity contribution in [2.45, 2.75) is 6.92 Å². The van der Waals surface area contributed by atoms with E-state index >= 15 is 0 Å². The molecule has 1 N–H and O–H groups in total. The van der Waals surface area contributed by atoms with Crippen LogP contribution in [0.1, 0.15) is 5.56 Å². The molecule has 1 aliphatic rings. The molecule has 122 valence electrons. The van der Waals surface area contributed by atoms with Gasteiger partial charge in [0.25, 0.3) is 11.8 Å². The summed E-state index contributed by atoms with van der Waals surface area (Å²) >= 11 is 17.9. The highest BCUT2D eigenvalue weighted by atomic mass is 35.5. The number of nitrogens with zero attached hydrogens (tertiary/aromatic N) is 1. The van der Waals surface area contributed by atoms with E-state index in [1.54, 1.807) is 30.3 Å². The van der Waals surface area contributed by atoms with Crippen LogP contribution < -0.4 is 10.2 Å². The summed E-state index contributed by atoms with van der Waals surface area (Å²) in [5.41, 5.74) is 1.92. The van der Waals surface area contributed by atoms with Crippen LogP contribution in [-0.2, 0) is 9.59 Å². The molecular weight excluding hydrogens is 371 g/mol. The number of hydrogen-bond acceptors (Lipinski definition) is 3. The van der Waals surface area contributed by atoms with Crippen LogP contribution in [0.15, 0.2) is 53.2 Å². The monoisotopic (exact) mass is 380 g/mol. The SMILES string of the molecule is Cc1ccc(N2C(=O)C(Cl)=C(Nc3cc(Cl)cc(Cl)c3)C2=O)cc1. The van der Waals surface area contributed by atoms with Gasteiger partial charge in [0.2, 0.25) is 0 Å². The highest BCUT2D eigenvalue weighted by molar-refractivity contribution is 6.53. The van der Waals surface area contributed by atoms with Crippen LogP contribution in [0.25, 0.3) is 0 Å². The van der Waals surface area contributed by atoms with E-state index < -0.39 is 11.8 Å². The molecule has 3 rings (SSSR count). The number of imide groups is 1. The minimum Gasteiger partial charge on any atom is -0.350 e. The lowest BCUT2D eigenvalue weighted by molar-refractivity contribution is -0.120. The summed E-state index contributed by atoms with van der Waals surface area (Å²) in [6.07, 6.45) is 0. The first-order valence-corrected chi connectivity index (χ1v) is 8.08. The second-order valence-corrected chi connectivity index (χ2v) is 6.50. The fraction of sp³-hybridized carbons (Fsp3) is 0.0588. The van der Waals surface area contributed by atoms with Gasteiger partial charge in [0.1, 0.15) is 10.7 Å². The topological polar surface area (TPSA) is 49.4 Å². The molecule has 7 heteroatoms. The molecule has 0 aromatic heterocycles. The lowest BCUT2D eigenvalue weighted by Gasteiger charge is -2.15. The summed E-state index contributed by atoms with van der Waals surface area (Å²) in [7, 11) is 0. The summed E-state index contributed by atoms with van der Waals surface area (Å²) in [6, 6.07) is 11.7. The van der Waals surface area contributed by atoms with Gasteiger partial charge in [0.15, 0.2) is 0 Å². The van der Waals surface area contributed by atoms with Gasteiger partial charge >= 0.3 is 0 Å². The average Bonchev–Trinajstić information content (AvgIpc) is 2.71. The van der Waals surface area contributed by atoms with Gasteiger partial charge in [0, 0.05) is 15.7 Å². The van der Waals surface area contributed by atoms with Crippen molar-refractivity contribution in [3.05, 3.63) is 68.8 Å². The molecule has 0 aliphatic carbocycles. The molecule has 2 aromatic carbocycles. The van der Waals surface area contributed by atoms with Crippen LogP contribution in [-0.4, -0.2) is 11.8 Å². The van der Waals surface area contributed by atoms with Crippen molar-refractivity contribution in [3.63, 3.8) is 0 Å². The molecule has 24 heavy (non-hydrogen) atoms. The molecule has 0 unspecified atom stereocenters. The van der Waals surface area contributed by atoms with Crippen molar-refractivity contribution >= 4 is 58.0 Å². The van der Waals surface area contributed by atoms with Gasteiger partial charge in [-0.05, 0) is 37.3 Å². The van der Waals surface area contributed by atoms with Crippen LogP contribution >= 0.6 is 34.8 Å². The van der Waals surface area contributed by atoms with Crippen LogP contribution in [0.3, 0.4) is 0 Å². The number of carbonyl (C=O) groups is 2. The number of benzene rings is 2. The standard InChI is InChI=1S/C17H11Cl3N2O2/c1-9-2-4-13(5-3-9)22-16(23)14(20)15(17(22)24)21-12-7-10(18)6-11(19)8-12/h2-8,21H,1H3. The Morgan fingerprint density at radius 1 is 0.875 bits per heavy atom. The molecule has 0 saturated heterocycles. The summed E-state index contributed by atoms with van der Waals surface area (Å²) in [4.78, 5) is 26.0. The first-order valence-electron chi connectivity index (χ1n) is 6.95. The Hall–Kier alpha value is -2.01. The Balaban J connectivity index is 1.93. The van der Waals surface area contributed by atoms with Gasteiger partial charge in [-0.3, -0.25) is 9.59 Å². The Morgan fingerprint density at radius 2 is 1.46 bits per heavy atom. The fourth-order valence-electron chi connectivity index (χ4n) is 2.31. The van der Waals surface area contributed by atoms with Crippen LogP contribution in [0.2, 0.25) is 10.0 Å². The van der Waals surface area contributed by atoms with Crippen LogP contribution in [0.4, 0.5) is 11.4 Å². The molecule has 0 spiro atoms. The minimum absolute atomic E-state index is 0.0134. The molecule has 1 aliphatic heterocycles. The predicted molar refractivity (Wildman–Crippen MR) is 96.6 cm³/mol. The number of amides is 2. The maximum Gasteiger partial charge on any atom is 0.283 e. The third kappa shape index (κ3) is 3.13. The summed E-state index contributed by atoms with van der Waals surface area (Å²) in [6.45, 7) is 1.92. The molecule has 1 heterocycles. The van der Waals surface area contributed by atoms with E-state index in [1.165, 1.54) is 0 Å². The number of aryl methyl sites for hydroxylation is 1. The van der Waals surface area contributed by atoms with Crippen molar-refractivity contribution < 1.29 is 9.59 Å². The van der Waals surface area contributed by atoms with Crippen molar-refractivity contribution in [3.8, 4) is 0 Å². The molecule has 0 saturated carbocycles. The maximum absolute atomic E-state index is 12.6. The molecule has 2 amide bonds. The quantitative estimate of drug-likeness (QED) is 0.781. The number of carbonyl (C=O) groups excluding carboxylic acids is 2. The highest BCUT2D eigenvalue weighted by Gasteiger charge is 2.38. The Kier molecular flexibility index (Phi) is 4.54. The zero-order valence-corrected chi connectivity index (χ0v) is 14.7. The lowest BCUT2D eigenvalue weighted by Crippen LogP contribution is -2.32. The van der Waals surface area contributed by atoms with Gasteiger partial charge in [-0.1, -0.05) is 52.5 Å². The largest absolute Gasteiger partial charge is 0.350 e. The van der Waals surface area contributed by atoms with Crippen LogP contribution in [0.5, 0.6) is 0 Å². The van der Waals surface area contributed by atoms with E-state index in [1.807, 2.05) is 19.1 Å². The Labute approximate surface area is 153 Å². The van der Waals surface area contributed by atoms with Gasteiger partial charge in [-0.2, -0.15) is 0 Å². The van der Waals surface area contributed by atoms with Crippen molar-refractivity contribution in [2.75, 3.05) is 10.2 Å². The van der Waals surface area contributed by atoms with Gasteiger partial charge < -0.3 is 5.32 Å². The van der Waals surface area contributed by atoms with E-state index in [2.05, 4.69) is 5.32 Å². The summed E-state index contributed by atoms with van der Waals surface area (Å²) in [5, 5.41) is 3.44. The first-order chi connectivity index (χ1) is 11.4. The molecule has 4 nitrogen and oxygen atoms in total. The Bertz CT molecular complexity index is 856. The maximum atomic E-state index is 12.6. The van der Waals surface area contributed by atoms with Crippen molar-refractivity contribution in [2.24, 2.45) is 0 Å². The predicted octanol–water partition coefficient (Wildman–Crippen LogP) is 4.74. The molecule has 0 bridgehead atoms. The van der Waals surface area contributed by atoms with Crippen molar-refractivity contribution in [1.29, 1.82) is 0 Å². The van der Waals surface area contributed by atoms with E-state index in [0.29, 0.717) is 21.4 Å². The third-order valence-corrected chi connectivity index (χ3v) is 4.24. The second kappa shape index (κ2) is 6.48. The fourth-order valence-corrected chi connectivity index (χ4v) is 3.05. The number of hydrogen-bond donors (Lipinski definition) is 1. The lowest BCUT2D eigenvalue weighted by atomic mass is 10.2. The van der Waals surface area contributed by atoms with E-state index in [4.69, 9.17) is 34.8 Å². The molecular formula is C17H11Cl3N2O2. The average molecular weight is 382 g/mol. The zero-order valence-electron chi connectivity index (χ0n) is 12.4. The smallest absolute Gasteiger partial charge is 0.283 e. The third-order valence-electron chi connectivity index (χ3n) is 3.45. The van der Waals surface area contributed by atoms with E-state index in [-0.39, 0.29) is 10.7 Å². The number of nitrogens with one attached hydrogen (secondary N) is 1. The second-order valence-electron chi connectivity index (χ2n) is 5.25. The van der Waals surface area contributed by atoms with Gasteiger partial charge in [-0.15, -0.1) is 0 Å². The van der Waals surface area contributed by atoms with E-state index in [0.717, 1.165) is 10.5 Å². The molecule has 2 aromatic rings. The highest BCUT2D eigenvalue weighted by Crippen LogP contribution is 2.31. The van der Waals surface area contributed by atoms with Crippen molar-refractivity contribution in [1.82, 2.24) is 0 Å². The normalized spacial score (nSPS) is 14.6. The number of halogens is 3. The van der Waals surface area contributed by atoms with Crippen LogP contribution in [0, 0.1) is 6.92 Å². The Morgan fingerprint density at radius 3 is 2.04 bits per heavy atom.